The number of nitrogen functional groups attached to an aromatic ring is 1. The average molecular weight is 223 g/mol. The number of carbonyl (C=O) groups is 2. The van der Waals surface area contributed by atoms with Crippen molar-refractivity contribution in [1.29, 1.82) is 0 Å². The maximum atomic E-state index is 11.3. The summed E-state index contributed by atoms with van der Waals surface area (Å²) in [4.78, 5) is 21.8. The molecule has 1 aromatic carbocycles. The summed E-state index contributed by atoms with van der Waals surface area (Å²) in [6.07, 6.45) is -0.158. The van der Waals surface area contributed by atoms with Crippen molar-refractivity contribution < 1.29 is 19.4 Å². The van der Waals surface area contributed by atoms with E-state index in [9.17, 15) is 9.59 Å². The summed E-state index contributed by atoms with van der Waals surface area (Å²) in [6.45, 7) is 2.00. The topological polar surface area (TPSA) is 89.6 Å². The fourth-order valence-corrected chi connectivity index (χ4v) is 1.26. The van der Waals surface area contributed by atoms with Gasteiger partial charge in [0.15, 0.2) is 0 Å². The van der Waals surface area contributed by atoms with Crippen molar-refractivity contribution in [3.05, 3.63) is 29.3 Å². The zero-order valence-electron chi connectivity index (χ0n) is 8.90. The molecule has 0 fully saturated rings. The molecule has 1 aromatic rings. The first-order chi connectivity index (χ1) is 7.54. The molecule has 0 saturated carbocycles. The number of carbonyl (C=O) groups excluding carboxylic acids is 1. The van der Waals surface area contributed by atoms with Crippen LogP contribution in [0.5, 0.6) is 0 Å². The monoisotopic (exact) mass is 223 g/mol. The van der Waals surface area contributed by atoms with Gasteiger partial charge in [-0.3, -0.25) is 4.79 Å². The maximum Gasteiger partial charge on any atom is 0.338 e. The molecule has 5 nitrogen and oxygen atoms in total. The molecular weight excluding hydrogens is 210 g/mol. The Balaban J connectivity index is 2.90. The summed E-state index contributed by atoms with van der Waals surface area (Å²) in [6, 6.07) is 4.46. The highest BCUT2D eigenvalue weighted by atomic mass is 16.5. The molecule has 0 saturated heterocycles. The van der Waals surface area contributed by atoms with Crippen molar-refractivity contribution in [3.8, 4) is 0 Å². The molecule has 5 heteroatoms. The van der Waals surface area contributed by atoms with Crippen LogP contribution in [0.4, 0.5) is 5.69 Å². The molecule has 0 radical (unpaired) electrons. The maximum absolute atomic E-state index is 11.3. The van der Waals surface area contributed by atoms with Crippen molar-refractivity contribution in [3.63, 3.8) is 0 Å². The number of hydrogen-bond donors (Lipinski definition) is 2. The number of rotatable bonds is 4. The van der Waals surface area contributed by atoms with Gasteiger partial charge < -0.3 is 15.6 Å². The van der Waals surface area contributed by atoms with Crippen LogP contribution < -0.4 is 5.73 Å². The summed E-state index contributed by atoms with van der Waals surface area (Å²) in [5, 5.41) is 8.61. The smallest absolute Gasteiger partial charge is 0.338 e. The van der Waals surface area contributed by atoms with E-state index in [0.29, 0.717) is 11.1 Å². The first-order valence-electron chi connectivity index (χ1n) is 4.82. The number of benzene rings is 1. The van der Waals surface area contributed by atoms with Gasteiger partial charge >= 0.3 is 11.9 Å². The molecule has 0 aromatic heterocycles. The predicted octanol–water partition coefficient (Wildman–Crippen LogP) is 1.07. The Bertz CT molecular complexity index is 414. The third-order valence-corrected chi connectivity index (χ3v) is 2.00. The molecule has 0 aliphatic rings. The number of carboxylic acids is 1. The highest BCUT2D eigenvalue weighted by Gasteiger charge is 2.10. The molecule has 0 heterocycles. The Hall–Kier alpha value is -2.04. The van der Waals surface area contributed by atoms with Crippen LogP contribution >= 0.6 is 0 Å². The van der Waals surface area contributed by atoms with Crippen LogP contribution in [0.2, 0.25) is 0 Å². The molecule has 0 atom stereocenters. The second kappa shape index (κ2) is 5.16. The molecular formula is C11H13NO4. The molecule has 3 N–H and O–H groups in total. The van der Waals surface area contributed by atoms with E-state index in [1.807, 2.05) is 0 Å². The first-order valence-corrected chi connectivity index (χ1v) is 4.82. The third kappa shape index (κ3) is 2.98. The lowest BCUT2D eigenvalue weighted by Crippen LogP contribution is -2.08. The number of anilines is 1. The van der Waals surface area contributed by atoms with Gasteiger partial charge in [-0.05, 0) is 24.6 Å². The molecule has 0 spiro atoms. The number of ether oxygens (including phenoxy) is 1. The standard InChI is InChI=1S/C11H13NO4/c1-2-16-11(15)8-4-3-7(6-10(13)14)9(12)5-8/h3-5H,2,6,12H2,1H3,(H,13,14). The minimum Gasteiger partial charge on any atom is -0.481 e. The van der Waals surface area contributed by atoms with Crippen molar-refractivity contribution in [2.45, 2.75) is 13.3 Å². The Morgan fingerprint density at radius 1 is 1.44 bits per heavy atom. The van der Waals surface area contributed by atoms with Gasteiger partial charge in [0.2, 0.25) is 0 Å². The van der Waals surface area contributed by atoms with E-state index in [4.69, 9.17) is 15.6 Å². The summed E-state index contributed by atoms with van der Waals surface area (Å²) in [5.41, 5.74) is 6.73. The Morgan fingerprint density at radius 3 is 2.62 bits per heavy atom. The molecule has 0 unspecified atom stereocenters. The van der Waals surface area contributed by atoms with Crippen molar-refractivity contribution in [2.24, 2.45) is 0 Å². The fourth-order valence-electron chi connectivity index (χ4n) is 1.26. The van der Waals surface area contributed by atoms with E-state index in [0.717, 1.165) is 0 Å². The zero-order chi connectivity index (χ0) is 12.1. The van der Waals surface area contributed by atoms with Crippen LogP contribution in [-0.2, 0) is 16.0 Å². The highest BCUT2D eigenvalue weighted by molar-refractivity contribution is 5.91. The van der Waals surface area contributed by atoms with Gasteiger partial charge in [-0.25, -0.2) is 4.79 Å². The van der Waals surface area contributed by atoms with Gasteiger partial charge in [0.25, 0.3) is 0 Å². The molecule has 0 aliphatic carbocycles. The Labute approximate surface area is 92.8 Å². The molecule has 86 valence electrons. The molecule has 16 heavy (non-hydrogen) atoms. The number of esters is 1. The lowest BCUT2D eigenvalue weighted by Gasteiger charge is -2.06. The number of hydrogen-bond acceptors (Lipinski definition) is 4. The Kier molecular flexibility index (Phi) is 3.88. The van der Waals surface area contributed by atoms with E-state index in [2.05, 4.69) is 0 Å². The van der Waals surface area contributed by atoms with Gasteiger partial charge in [-0.15, -0.1) is 0 Å². The van der Waals surface area contributed by atoms with E-state index < -0.39 is 11.9 Å². The fraction of sp³-hybridized carbons (Fsp3) is 0.273. The van der Waals surface area contributed by atoms with E-state index in [-0.39, 0.29) is 18.7 Å². The van der Waals surface area contributed by atoms with Crippen LogP contribution in [0.25, 0.3) is 0 Å². The van der Waals surface area contributed by atoms with Crippen LogP contribution in [0.1, 0.15) is 22.8 Å². The van der Waals surface area contributed by atoms with E-state index in [1.54, 1.807) is 6.92 Å². The summed E-state index contributed by atoms with van der Waals surface area (Å²) < 4.78 is 4.79. The van der Waals surface area contributed by atoms with Crippen LogP contribution in [0, 0.1) is 0 Å². The second-order valence-electron chi connectivity index (χ2n) is 3.20. The third-order valence-electron chi connectivity index (χ3n) is 2.00. The van der Waals surface area contributed by atoms with E-state index in [1.165, 1.54) is 18.2 Å². The van der Waals surface area contributed by atoms with Gasteiger partial charge in [0, 0.05) is 5.69 Å². The minimum atomic E-state index is -0.962. The largest absolute Gasteiger partial charge is 0.481 e. The molecule has 0 amide bonds. The van der Waals surface area contributed by atoms with Gasteiger partial charge in [-0.1, -0.05) is 6.07 Å². The average Bonchev–Trinajstić information content (AvgIpc) is 2.20. The summed E-state index contributed by atoms with van der Waals surface area (Å²) in [7, 11) is 0. The molecule has 1 rings (SSSR count). The second-order valence-corrected chi connectivity index (χ2v) is 3.20. The lowest BCUT2D eigenvalue weighted by molar-refractivity contribution is -0.136. The van der Waals surface area contributed by atoms with E-state index >= 15 is 0 Å². The quantitative estimate of drug-likeness (QED) is 0.588. The normalized spacial score (nSPS) is 9.81. The highest BCUT2D eigenvalue weighted by Crippen LogP contribution is 2.15. The Morgan fingerprint density at radius 2 is 2.12 bits per heavy atom. The van der Waals surface area contributed by atoms with Gasteiger partial charge in [0.05, 0.1) is 18.6 Å². The number of carboxylic acid groups (broad SMARTS) is 1. The molecule has 0 bridgehead atoms. The summed E-state index contributed by atoms with van der Waals surface area (Å²) in [5.74, 6) is -1.42. The van der Waals surface area contributed by atoms with Gasteiger partial charge in [-0.2, -0.15) is 0 Å². The lowest BCUT2D eigenvalue weighted by atomic mass is 10.1. The van der Waals surface area contributed by atoms with Crippen LogP contribution in [0.15, 0.2) is 18.2 Å². The van der Waals surface area contributed by atoms with Crippen LogP contribution in [0.3, 0.4) is 0 Å². The zero-order valence-corrected chi connectivity index (χ0v) is 8.90. The van der Waals surface area contributed by atoms with Gasteiger partial charge in [0.1, 0.15) is 0 Å². The SMILES string of the molecule is CCOC(=O)c1ccc(CC(=O)O)c(N)c1. The van der Waals surface area contributed by atoms with Crippen molar-refractivity contribution in [1.82, 2.24) is 0 Å². The summed E-state index contributed by atoms with van der Waals surface area (Å²) >= 11 is 0. The number of aliphatic carboxylic acids is 1. The van der Waals surface area contributed by atoms with Crippen molar-refractivity contribution in [2.75, 3.05) is 12.3 Å². The first kappa shape index (κ1) is 12.0. The number of nitrogens with two attached hydrogens (primary N) is 1. The predicted molar refractivity (Wildman–Crippen MR) is 58.2 cm³/mol. The van der Waals surface area contributed by atoms with Crippen molar-refractivity contribution >= 4 is 17.6 Å². The van der Waals surface area contributed by atoms with Crippen LogP contribution in [-0.4, -0.2) is 23.7 Å². The minimum absolute atomic E-state index is 0.158. The molecule has 0 aliphatic heterocycles.